The summed E-state index contributed by atoms with van der Waals surface area (Å²) in [6, 6.07) is 4.33. The summed E-state index contributed by atoms with van der Waals surface area (Å²) in [6.45, 7) is 1.79. The highest BCUT2D eigenvalue weighted by molar-refractivity contribution is 6.33. The van der Waals surface area contributed by atoms with E-state index in [-0.39, 0.29) is 5.82 Å². The van der Waals surface area contributed by atoms with E-state index in [4.69, 9.17) is 11.6 Å². The molecule has 0 amide bonds. The third kappa shape index (κ3) is 4.49. The minimum absolute atomic E-state index is 0.269. The molecular formula is C11H16ClFN2. The van der Waals surface area contributed by atoms with Gasteiger partial charge in [-0.05, 0) is 45.3 Å². The van der Waals surface area contributed by atoms with Crippen LogP contribution in [0.1, 0.15) is 6.42 Å². The van der Waals surface area contributed by atoms with Crippen LogP contribution in [0.4, 0.5) is 10.1 Å². The molecular weight excluding hydrogens is 215 g/mol. The molecule has 0 heterocycles. The number of rotatable bonds is 5. The van der Waals surface area contributed by atoms with Crippen LogP contribution in [0.3, 0.4) is 0 Å². The van der Waals surface area contributed by atoms with E-state index in [9.17, 15) is 4.39 Å². The van der Waals surface area contributed by atoms with Gasteiger partial charge in [-0.15, -0.1) is 0 Å². The topological polar surface area (TPSA) is 15.3 Å². The first kappa shape index (κ1) is 12.3. The summed E-state index contributed by atoms with van der Waals surface area (Å²) in [7, 11) is 4.05. The Hall–Kier alpha value is -0.800. The highest BCUT2D eigenvalue weighted by atomic mass is 35.5. The Morgan fingerprint density at radius 3 is 2.80 bits per heavy atom. The molecule has 1 aromatic rings. The molecule has 0 radical (unpaired) electrons. The van der Waals surface area contributed by atoms with Crippen LogP contribution in [-0.4, -0.2) is 32.1 Å². The lowest BCUT2D eigenvalue weighted by atomic mass is 10.3. The van der Waals surface area contributed by atoms with E-state index in [0.717, 1.165) is 19.5 Å². The third-order valence-electron chi connectivity index (χ3n) is 2.03. The molecule has 84 valence electrons. The molecule has 1 N–H and O–H groups in total. The van der Waals surface area contributed by atoms with Gasteiger partial charge in [-0.3, -0.25) is 0 Å². The van der Waals surface area contributed by atoms with E-state index >= 15 is 0 Å². The third-order valence-corrected chi connectivity index (χ3v) is 2.36. The fourth-order valence-electron chi connectivity index (χ4n) is 1.25. The average molecular weight is 231 g/mol. The maximum atomic E-state index is 12.9. The Kier molecular flexibility index (Phi) is 4.85. The van der Waals surface area contributed by atoms with Gasteiger partial charge in [-0.2, -0.15) is 0 Å². The van der Waals surface area contributed by atoms with E-state index in [1.807, 2.05) is 14.1 Å². The van der Waals surface area contributed by atoms with Crippen molar-refractivity contribution in [3.05, 3.63) is 29.0 Å². The molecule has 0 spiro atoms. The van der Waals surface area contributed by atoms with Crippen LogP contribution in [0.5, 0.6) is 0 Å². The molecule has 0 fully saturated rings. The fourth-order valence-corrected chi connectivity index (χ4v) is 1.44. The summed E-state index contributed by atoms with van der Waals surface area (Å²) in [5.41, 5.74) is 0.662. The van der Waals surface area contributed by atoms with E-state index in [0.29, 0.717) is 10.7 Å². The molecule has 0 unspecified atom stereocenters. The fraction of sp³-hybridized carbons (Fsp3) is 0.455. The van der Waals surface area contributed by atoms with Crippen molar-refractivity contribution in [1.82, 2.24) is 4.90 Å². The van der Waals surface area contributed by atoms with Crippen LogP contribution in [0, 0.1) is 5.82 Å². The number of hydrogen-bond donors (Lipinski definition) is 1. The summed E-state index contributed by atoms with van der Waals surface area (Å²) in [5, 5.41) is 3.67. The molecule has 0 aliphatic rings. The molecule has 0 saturated carbocycles. The molecule has 0 aromatic heterocycles. The van der Waals surface area contributed by atoms with Crippen molar-refractivity contribution < 1.29 is 4.39 Å². The van der Waals surface area contributed by atoms with Crippen molar-refractivity contribution in [2.24, 2.45) is 0 Å². The maximum absolute atomic E-state index is 12.9. The maximum Gasteiger partial charge on any atom is 0.125 e. The minimum Gasteiger partial charge on any atom is -0.384 e. The van der Waals surface area contributed by atoms with Gasteiger partial charge in [0, 0.05) is 6.54 Å². The largest absolute Gasteiger partial charge is 0.384 e. The van der Waals surface area contributed by atoms with Crippen LogP contribution in [0.25, 0.3) is 0 Å². The van der Waals surface area contributed by atoms with Gasteiger partial charge < -0.3 is 10.2 Å². The molecule has 15 heavy (non-hydrogen) atoms. The first-order valence-corrected chi connectivity index (χ1v) is 5.31. The van der Waals surface area contributed by atoms with Crippen molar-refractivity contribution in [2.75, 3.05) is 32.5 Å². The molecule has 1 rings (SSSR count). The summed E-state index contributed by atoms with van der Waals surface area (Å²) in [6.07, 6.45) is 1.000. The summed E-state index contributed by atoms with van der Waals surface area (Å²) in [5.74, 6) is -0.269. The number of hydrogen-bond acceptors (Lipinski definition) is 2. The molecule has 2 nitrogen and oxygen atoms in total. The Labute approximate surface area is 95.0 Å². The van der Waals surface area contributed by atoms with Gasteiger partial charge in [0.25, 0.3) is 0 Å². The number of anilines is 1. The number of nitrogens with zero attached hydrogens (tertiary/aromatic N) is 1. The Morgan fingerprint density at radius 2 is 2.13 bits per heavy atom. The zero-order valence-corrected chi connectivity index (χ0v) is 9.81. The smallest absolute Gasteiger partial charge is 0.125 e. The van der Waals surface area contributed by atoms with Crippen LogP contribution in [-0.2, 0) is 0 Å². The zero-order valence-electron chi connectivity index (χ0n) is 9.06. The second-order valence-electron chi connectivity index (χ2n) is 3.71. The molecule has 1 aromatic carbocycles. The second kappa shape index (κ2) is 5.93. The van der Waals surface area contributed by atoms with E-state index in [1.165, 1.54) is 12.1 Å². The Morgan fingerprint density at radius 1 is 1.40 bits per heavy atom. The highest BCUT2D eigenvalue weighted by Crippen LogP contribution is 2.22. The lowest BCUT2D eigenvalue weighted by Crippen LogP contribution is -2.16. The summed E-state index contributed by atoms with van der Waals surface area (Å²) in [4.78, 5) is 2.11. The van der Waals surface area contributed by atoms with Gasteiger partial charge in [-0.1, -0.05) is 11.6 Å². The highest BCUT2D eigenvalue weighted by Gasteiger charge is 2.00. The molecule has 0 saturated heterocycles. The Balaban J connectivity index is 2.40. The van der Waals surface area contributed by atoms with E-state index < -0.39 is 0 Å². The number of benzene rings is 1. The van der Waals surface area contributed by atoms with Crippen molar-refractivity contribution in [3.8, 4) is 0 Å². The van der Waals surface area contributed by atoms with Crippen molar-refractivity contribution in [2.45, 2.75) is 6.42 Å². The molecule has 0 atom stereocenters. The molecule has 0 aliphatic heterocycles. The summed E-state index contributed by atoms with van der Waals surface area (Å²) >= 11 is 5.90. The molecule has 0 bridgehead atoms. The monoisotopic (exact) mass is 230 g/mol. The van der Waals surface area contributed by atoms with Gasteiger partial charge in [0.2, 0.25) is 0 Å². The predicted octanol–water partition coefficient (Wildman–Crippen LogP) is 2.84. The first-order chi connectivity index (χ1) is 7.09. The first-order valence-electron chi connectivity index (χ1n) is 4.93. The Bertz CT molecular complexity index is 315. The van der Waals surface area contributed by atoms with Crippen LogP contribution < -0.4 is 5.32 Å². The van der Waals surface area contributed by atoms with Crippen LogP contribution in [0.2, 0.25) is 5.02 Å². The van der Waals surface area contributed by atoms with Crippen LogP contribution in [0.15, 0.2) is 18.2 Å². The van der Waals surface area contributed by atoms with Crippen LogP contribution >= 0.6 is 11.6 Å². The van der Waals surface area contributed by atoms with Gasteiger partial charge >= 0.3 is 0 Å². The van der Waals surface area contributed by atoms with Gasteiger partial charge in [-0.25, -0.2) is 4.39 Å². The average Bonchev–Trinajstić information content (AvgIpc) is 2.17. The normalized spacial score (nSPS) is 10.7. The minimum atomic E-state index is -0.269. The lowest BCUT2D eigenvalue weighted by molar-refractivity contribution is 0.405. The SMILES string of the molecule is CN(C)CCCNc1cc(F)ccc1Cl. The van der Waals surface area contributed by atoms with Crippen molar-refractivity contribution >= 4 is 17.3 Å². The van der Waals surface area contributed by atoms with Gasteiger partial charge in [0.05, 0.1) is 10.7 Å². The quantitative estimate of drug-likeness (QED) is 0.783. The zero-order chi connectivity index (χ0) is 11.3. The predicted molar refractivity (Wildman–Crippen MR) is 63.1 cm³/mol. The van der Waals surface area contributed by atoms with E-state index in [2.05, 4.69) is 10.2 Å². The number of halogens is 2. The van der Waals surface area contributed by atoms with Crippen molar-refractivity contribution in [3.63, 3.8) is 0 Å². The van der Waals surface area contributed by atoms with Gasteiger partial charge in [0.15, 0.2) is 0 Å². The standard InChI is InChI=1S/C11H16ClFN2/c1-15(2)7-3-6-14-11-8-9(13)4-5-10(11)12/h4-5,8,14H,3,6-7H2,1-2H3. The molecule has 4 heteroatoms. The van der Waals surface area contributed by atoms with Crippen molar-refractivity contribution in [1.29, 1.82) is 0 Å². The van der Waals surface area contributed by atoms with Gasteiger partial charge in [0.1, 0.15) is 5.82 Å². The lowest BCUT2D eigenvalue weighted by Gasteiger charge is -2.11. The summed E-state index contributed by atoms with van der Waals surface area (Å²) < 4.78 is 12.9. The molecule has 0 aliphatic carbocycles. The number of nitrogens with one attached hydrogen (secondary N) is 1. The van der Waals surface area contributed by atoms with E-state index in [1.54, 1.807) is 6.07 Å². The second-order valence-corrected chi connectivity index (χ2v) is 4.11.